The highest BCUT2D eigenvalue weighted by Crippen LogP contribution is 2.08. The predicted octanol–water partition coefficient (Wildman–Crippen LogP) is 2.40. The smallest absolute Gasteiger partial charge is 0.328 e. The van der Waals surface area contributed by atoms with Crippen LogP contribution in [0.2, 0.25) is 0 Å². The highest BCUT2D eigenvalue weighted by molar-refractivity contribution is 5.84. The number of esters is 1. The Bertz CT molecular complexity index is 509. The van der Waals surface area contributed by atoms with Crippen LogP contribution in [0, 0.1) is 0 Å². The molecule has 2 atom stereocenters. The number of carbonyl (C=O) groups is 2. The van der Waals surface area contributed by atoms with Crippen LogP contribution >= 0.6 is 0 Å². The van der Waals surface area contributed by atoms with Crippen LogP contribution < -0.4 is 10.6 Å². The maximum absolute atomic E-state index is 12.0. The molecule has 0 aliphatic rings. The van der Waals surface area contributed by atoms with Gasteiger partial charge in [-0.1, -0.05) is 30.3 Å². The Kier molecular flexibility index (Phi) is 7.23. The second kappa shape index (κ2) is 8.67. The first-order valence-electron chi connectivity index (χ1n) is 7.97. The minimum Gasteiger partial charge on any atom is -0.458 e. The van der Waals surface area contributed by atoms with Crippen molar-refractivity contribution in [3.8, 4) is 0 Å². The summed E-state index contributed by atoms with van der Waals surface area (Å²) in [4.78, 5) is 23.8. The Balaban J connectivity index is 2.33. The fourth-order valence-corrected chi connectivity index (χ4v) is 1.99. The number of benzene rings is 1. The lowest BCUT2D eigenvalue weighted by molar-refractivity contribution is -0.158. The van der Waals surface area contributed by atoms with Gasteiger partial charge in [0.2, 0.25) is 5.91 Å². The summed E-state index contributed by atoms with van der Waals surface area (Å²) in [6.07, 6.45) is 0.306. The van der Waals surface area contributed by atoms with Crippen LogP contribution in [-0.4, -0.2) is 29.6 Å². The SMILES string of the molecule is C[C@H](CC(=O)N[C@@H](C)C(=O)OC(C)(C)C)NCc1ccccc1. The first kappa shape index (κ1) is 19.2. The Labute approximate surface area is 138 Å². The van der Waals surface area contributed by atoms with Crippen molar-refractivity contribution in [2.24, 2.45) is 0 Å². The quantitative estimate of drug-likeness (QED) is 0.757. The van der Waals surface area contributed by atoms with Gasteiger partial charge in [0.1, 0.15) is 11.6 Å². The predicted molar refractivity (Wildman–Crippen MR) is 90.8 cm³/mol. The zero-order valence-electron chi connectivity index (χ0n) is 14.7. The van der Waals surface area contributed by atoms with Crippen LogP contribution in [0.25, 0.3) is 0 Å². The average molecular weight is 320 g/mol. The fraction of sp³-hybridized carbons (Fsp3) is 0.556. The Morgan fingerprint density at radius 2 is 1.74 bits per heavy atom. The number of amides is 1. The van der Waals surface area contributed by atoms with Crippen molar-refractivity contribution in [2.75, 3.05) is 0 Å². The van der Waals surface area contributed by atoms with Crippen molar-refractivity contribution in [3.63, 3.8) is 0 Å². The summed E-state index contributed by atoms with van der Waals surface area (Å²) in [7, 11) is 0. The van der Waals surface area contributed by atoms with E-state index in [4.69, 9.17) is 4.74 Å². The molecule has 1 amide bonds. The highest BCUT2D eigenvalue weighted by Gasteiger charge is 2.23. The summed E-state index contributed by atoms with van der Waals surface area (Å²) in [5, 5.41) is 5.97. The topological polar surface area (TPSA) is 67.4 Å². The molecule has 1 aromatic rings. The van der Waals surface area contributed by atoms with Crippen molar-refractivity contribution < 1.29 is 14.3 Å². The third-order valence-corrected chi connectivity index (χ3v) is 3.13. The van der Waals surface area contributed by atoms with Gasteiger partial charge in [0, 0.05) is 19.0 Å². The van der Waals surface area contributed by atoms with Crippen molar-refractivity contribution in [2.45, 2.75) is 65.3 Å². The highest BCUT2D eigenvalue weighted by atomic mass is 16.6. The standard InChI is InChI=1S/C18H28N2O3/c1-13(19-12-15-9-7-6-8-10-15)11-16(21)20-14(2)17(22)23-18(3,4)5/h6-10,13-14,19H,11-12H2,1-5H3,(H,20,21)/t13-,14+/m1/s1. The van der Waals surface area contributed by atoms with E-state index in [0.29, 0.717) is 13.0 Å². The molecule has 0 aliphatic heterocycles. The van der Waals surface area contributed by atoms with Gasteiger partial charge in [0.15, 0.2) is 0 Å². The monoisotopic (exact) mass is 320 g/mol. The molecule has 0 unspecified atom stereocenters. The number of hydrogen-bond donors (Lipinski definition) is 2. The lowest BCUT2D eigenvalue weighted by atomic mass is 10.1. The van der Waals surface area contributed by atoms with E-state index in [9.17, 15) is 9.59 Å². The summed E-state index contributed by atoms with van der Waals surface area (Å²) >= 11 is 0. The Morgan fingerprint density at radius 1 is 1.13 bits per heavy atom. The maximum Gasteiger partial charge on any atom is 0.328 e. The minimum absolute atomic E-state index is 0.0149. The summed E-state index contributed by atoms with van der Waals surface area (Å²) in [6.45, 7) is 9.69. The molecule has 128 valence electrons. The molecule has 0 spiro atoms. The van der Waals surface area contributed by atoms with Gasteiger partial charge in [-0.25, -0.2) is 4.79 Å². The minimum atomic E-state index is -0.650. The summed E-state index contributed by atoms with van der Waals surface area (Å²) in [5.74, 6) is -0.591. The molecule has 0 radical (unpaired) electrons. The number of hydrogen-bond acceptors (Lipinski definition) is 4. The van der Waals surface area contributed by atoms with E-state index in [1.807, 2.05) is 37.3 Å². The van der Waals surface area contributed by atoms with Gasteiger partial charge in [-0.3, -0.25) is 4.79 Å². The zero-order valence-corrected chi connectivity index (χ0v) is 14.7. The molecule has 0 bridgehead atoms. The molecule has 23 heavy (non-hydrogen) atoms. The third kappa shape index (κ3) is 8.35. The molecule has 0 heterocycles. The van der Waals surface area contributed by atoms with E-state index >= 15 is 0 Å². The van der Waals surface area contributed by atoms with E-state index in [-0.39, 0.29) is 11.9 Å². The number of carbonyl (C=O) groups excluding carboxylic acids is 2. The molecule has 0 aromatic heterocycles. The molecule has 0 saturated carbocycles. The van der Waals surface area contributed by atoms with E-state index in [1.165, 1.54) is 5.56 Å². The first-order chi connectivity index (χ1) is 10.7. The van der Waals surface area contributed by atoms with Gasteiger partial charge in [0.05, 0.1) is 0 Å². The molecule has 0 aliphatic carbocycles. The zero-order chi connectivity index (χ0) is 17.5. The van der Waals surface area contributed by atoms with Gasteiger partial charge >= 0.3 is 5.97 Å². The molecular formula is C18H28N2O3. The van der Waals surface area contributed by atoms with Crippen LogP contribution in [0.1, 0.15) is 46.6 Å². The number of nitrogens with one attached hydrogen (secondary N) is 2. The normalized spacial score (nSPS) is 14.0. The molecular weight excluding hydrogens is 292 g/mol. The number of rotatable bonds is 7. The molecule has 5 heteroatoms. The largest absolute Gasteiger partial charge is 0.458 e. The fourth-order valence-electron chi connectivity index (χ4n) is 1.99. The van der Waals surface area contributed by atoms with Crippen molar-refractivity contribution in [1.29, 1.82) is 0 Å². The van der Waals surface area contributed by atoms with Gasteiger partial charge in [0.25, 0.3) is 0 Å². The summed E-state index contributed by atoms with van der Waals surface area (Å²) in [5.41, 5.74) is 0.613. The molecule has 0 saturated heterocycles. The van der Waals surface area contributed by atoms with Gasteiger partial charge in [-0.05, 0) is 40.2 Å². The maximum atomic E-state index is 12.0. The van der Waals surface area contributed by atoms with Crippen LogP contribution in [0.5, 0.6) is 0 Å². The molecule has 0 fully saturated rings. The second-order valence-electron chi connectivity index (χ2n) is 6.79. The second-order valence-corrected chi connectivity index (χ2v) is 6.79. The van der Waals surface area contributed by atoms with E-state index < -0.39 is 17.6 Å². The lowest BCUT2D eigenvalue weighted by Crippen LogP contribution is -2.44. The molecule has 2 N–H and O–H groups in total. The van der Waals surface area contributed by atoms with Crippen LogP contribution in [0.3, 0.4) is 0 Å². The van der Waals surface area contributed by atoms with Gasteiger partial charge < -0.3 is 15.4 Å². The summed E-state index contributed by atoms with van der Waals surface area (Å²) in [6, 6.07) is 9.37. The van der Waals surface area contributed by atoms with Crippen LogP contribution in [-0.2, 0) is 20.9 Å². The molecule has 5 nitrogen and oxygen atoms in total. The van der Waals surface area contributed by atoms with Crippen molar-refractivity contribution in [3.05, 3.63) is 35.9 Å². The summed E-state index contributed by atoms with van der Waals surface area (Å²) < 4.78 is 5.24. The first-order valence-corrected chi connectivity index (χ1v) is 7.97. The van der Waals surface area contributed by atoms with E-state index in [1.54, 1.807) is 27.7 Å². The Hall–Kier alpha value is -1.88. The molecule has 1 aromatic carbocycles. The van der Waals surface area contributed by atoms with Crippen LogP contribution in [0.4, 0.5) is 0 Å². The van der Waals surface area contributed by atoms with Crippen LogP contribution in [0.15, 0.2) is 30.3 Å². The van der Waals surface area contributed by atoms with E-state index in [2.05, 4.69) is 10.6 Å². The van der Waals surface area contributed by atoms with Crippen molar-refractivity contribution >= 4 is 11.9 Å². The van der Waals surface area contributed by atoms with Gasteiger partial charge in [-0.15, -0.1) is 0 Å². The number of ether oxygens (including phenoxy) is 1. The van der Waals surface area contributed by atoms with E-state index in [0.717, 1.165) is 0 Å². The van der Waals surface area contributed by atoms with Crippen molar-refractivity contribution in [1.82, 2.24) is 10.6 Å². The molecule has 1 rings (SSSR count). The average Bonchev–Trinajstić information content (AvgIpc) is 2.44. The lowest BCUT2D eigenvalue weighted by Gasteiger charge is -2.23. The Morgan fingerprint density at radius 3 is 2.30 bits per heavy atom. The third-order valence-electron chi connectivity index (χ3n) is 3.13. The van der Waals surface area contributed by atoms with Gasteiger partial charge in [-0.2, -0.15) is 0 Å².